The fourth-order valence-electron chi connectivity index (χ4n) is 3.92. The van der Waals surface area contributed by atoms with Crippen molar-refractivity contribution in [1.82, 2.24) is 4.90 Å². The van der Waals surface area contributed by atoms with Gasteiger partial charge in [0.15, 0.2) is 0 Å². The maximum Gasteiger partial charge on any atom is 0.316 e. The Kier molecular flexibility index (Phi) is 7.04. The molecule has 0 bridgehead atoms. The Morgan fingerprint density at radius 1 is 1.03 bits per heavy atom. The molecule has 5 heteroatoms. The average Bonchev–Trinajstić information content (AvgIpc) is 2.75. The Labute approximate surface area is 173 Å². The molecule has 0 atom stereocenters. The highest BCUT2D eigenvalue weighted by Crippen LogP contribution is 2.37. The molecule has 1 aliphatic heterocycles. The summed E-state index contributed by atoms with van der Waals surface area (Å²) in [4.78, 5) is 27.3. The molecule has 1 N–H and O–H groups in total. The van der Waals surface area contributed by atoms with Crippen molar-refractivity contribution in [2.24, 2.45) is 0 Å². The number of ether oxygens (including phenoxy) is 1. The van der Waals surface area contributed by atoms with E-state index in [0.29, 0.717) is 32.4 Å². The van der Waals surface area contributed by atoms with Crippen LogP contribution >= 0.6 is 0 Å². The largest absolute Gasteiger partial charge is 0.465 e. The molecule has 1 amide bonds. The van der Waals surface area contributed by atoms with Gasteiger partial charge in [-0.15, -0.1) is 0 Å². The van der Waals surface area contributed by atoms with Crippen molar-refractivity contribution >= 4 is 17.6 Å². The van der Waals surface area contributed by atoms with Crippen molar-refractivity contribution < 1.29 is 14.3 Å². The molecule has 0 spiro atoms. The van der Waals surface area contributed by atoms with Gasteiger partial charge in [0.05, 0.1) is 12.0 Å². The number of rotatable bonds is 7. The SMILES string of the molecule is CCOC(=O)C1(c2ccccc2)CCN(CCC(=O)Nc2ccc(C)cc2)CC1. The van der Waals surface area contributed by atoms with Crippen LogP contribution in [0.2, 0.25) is 0 Å². The van der Waals surface area contributed by atoms with Gasteiger partial charge in [-0.3, -0.25) is 9.59 Å². The zero-order valence-corrected chi connectivity index (χ0v) is 17.3. The Bertz CT molecular complexity index is 810. The van der Waals surface area contributed by atoms with Crippen LogP contribution in [-0.2, 0) is 19.7 Å². The number of esters is 1. The first kappa shape index (κ1) is 21.1. The first-order chi connectivity index (χ1) is 14.0. The van der Waals surface area contributed by atoms with E-state index in [2.05, 4.69) is 10.2 Å². The van der Waals surface area contributed by atoms with Gasteiger partial charge >= 0.3 is 5.97 Å². The van der Waals surface area contributed by atoms with Crippen molar-refractivity contribution in [2.45, 2.75) is 38.5 Å². The van der Waals surface area contributed by atoms with E-state index in [0.717, 1.165) is 24.3 Å². The Morgan fingerprint density at radius 3 is 2.31 bits per heavy atom. The molecule has 3 rings (SSSR count). The lowest BCUT2D eigenvalue weighted by Crippen LogP contribution is -2.48. The minimum absolute atomic E-state index is 0.0131. The van der Waals surface area contributed by atoms with Gasteiger partial charge in [0.2, 0.25) is 5.91 Å². The molecule has 1 saturated heterocycles. The molecule has 5 nitrogen and oxygen atoms in total. The quantitative estimate of drug-likeness (QED) is 0.723. The number of hydrogen-bond donors (Lipinski definition) is 1. The van der Waals surface area contributed by atoms with Crippen LogP contribution in [-0.4, -0.2) is 43.0 Å². The fraction of sp³-hybridized carbons (Fsp3) is 0.417. The summed E-state index contributed by atoms with van der Waals surface area (Å²) in [5.41, 5.74) is 2.43. The highest BCUT2D eigenvalue weighted by atomic mass is 16.5. The smallest absolute Gasteiger partial charge is 0.316 e. The zero-order valence-electron chi connectivity index (χ0n) is 17.3. The lowest BCUT2D eigenvalue weighted by Gasteiger charge is -2.40. The average molecular weight is 395 g/mol. The molecule has 1 heterocycles. The summed E-state index contributed by atoms with van der Waals surface area (Å²) in [5, 5.41) is 2.95. The normalized spacial score (nSPS) is 16.2. The molecule has 0 unspecified atom stereocenters. The summed E-state index contributed by atoms with van der Waals surface area (Å²) >= 11 is 0. The number of nitrogens with one attached hydrogen (secondary N) is 1. The number of anilines is 1. The molecule has 0 radical (unpaired) electrons. The van der Waals surface area contributed by atoms with Gasteiger partial charge in [-0.2, -0.15) is 0 Å². The van der Waals surface area contributed by atoms with E-state index in [1.165, 1.54) is 5.56 Å². The predicted molar refractivity (Wildman–Crippen MR) is 115 cm³/mol. The van der Waals surface area contributed by atoms with Gasteiger partial charge in [-0.05, 0) is 57.5 Å². The molecule has 2 aromatic carbocycles. The number of hydrogen-bond acceptors (Lipinski definition) is 4. The van der Waals surface area contributed by atoms with E-state index < -0.39 is 5.41 Å². The van der Waals surface area contributed by atoms with Gasteiger partial charge in [-0.25, -0.2) is 0 Å². The maximum atomic E-state index is 12.8. The topological polar surface area (TPSA) is 58.6 Å². The Hall–Kier alpha value is -2.66. The Morgan fingerprint density at radius 2 is 1.69 bits per heavy atom. The van der Waals surface area contributed by atoms with Crippen molar-refractivity contribution in [3.05, 3.63) is 65.7 Å². The summed E-state index contributed by atoms with van der Waals surface area (Å²) in [5.74, 6) is -0.123. The molecule has 2 aromatic rings. The zero-order chi connectivity index (χ0) is 20.7. The van der Waals surface area contributed by atoms with Gasteiger partial charge in [0, 0.05) is 18.7 Å². The van der Waals surface area contributed by atoms with Crippen LogP contribution in [0.4, 0.5) is 5.69 Å². The molecule has 0 aromatic heterocycles. The van der Waals surface area contributed by atoms with Crippen LogP contribution in [0, 0.1) is 6.92 Å². The maximum absolute atomic E-state index is 12.8. The standard InChI is InChI=1S/C24H30N2O3/c1-3-29-23(28)24(20-7-5-4-6-8-20)14-17-26(18-15-24)16-13-22(27)25-21-11-9-19(2)10-12-21/h4-12H,3,13-18H2,1-2H3,(H,25,27). The number of aryl methyl sites for hydroxylation is 1. The molecule has 0 aliphatic carbocycles. The summed E-state index contributed by atoms with van der Waals surface area (Å²) in [7, 11) is 0. The van der Waals surface area contributed by atoms with E-state index in [-0.39, 0.29) is 11.9 Å². The number of carbonyl (C=O) groups is 2. The number of amides is 1. The highest BCUT2D eigenvalue weighted by molar-refractivity contribution is 5.90. The van der Waals surface area contributed by atoms with Gasteiger partial charge in [0.1, 0.15) is 0 Å². The predicted octanol–water partition coefficient (Wildman–Crippen LogP) is 3.92. The van der Waals surface area contributed by atoms with E-state index in [4.69, 9.17) is 4.74 Å². The minimum atomic E-state index is -0.585. The van der Waals surface area contributed by atoms with Crippen LogP contribution < -0.4 is 5.32 Å². The molecular formula is C24H30N2O3. The van der Waals surface area contributed by atoms with E-state index in [9.17, 15) is 9.59 Å². The summed E-state index contributed by atoms with van der Waals surface area (Å²) in [6.45, 7) is 6.48. The van der Waals surface area contributed by atoms with Gasteiger partial charge < -0.3 is 15.0 Å². The fourth-order valence-corrected chi connectivity index (χ4v) is 3.92. The lowest BCUT2D eigenvalue weighted by atomic mass is 9.72. The number of likely N-dealkylation sites (tertiary alicyclic amines) is 1. The number of nitrogens with zero attached hydrogens (tertiary/aromatic N) is 1. The van der Waals surface area contributed by atoms with Crippen LogP contribution in [0.3, 0.4) is 0 Å². The van der Waals surface area contributed by atoms with Crippen molar-refractivity contribution in [3.8, 4) is 0 Å². The first-order valence-electron chi connectivity index (χ1n) is 10.3. The van der Waals surface area contributed by atoms with E-state index >= 15 is 0 Å². The number of piperidine rings is 1. The van der Waals surface area contributed by atoms with Crippen LogP contribution in [0.25, 0.3) is 0 Å². The number of benzene rings is 2. The Balaban J connectivity index is 1.55. The second kappa shape index (κ2) is 9.70. The van der Waals surface area contributed by atoms with Crippen molar-refractivity contribution in [1.29, 1.82) is 0 Å². The third-order valence-electron chi connectivity index (χ3n) is 5.69. The van der Waals surface area contributed by atoms with E-state index in [1.54, 1.807) is 0 Å². The summed E-state index contributed by atoms with van der Waals surface area (Å²) in [6.07, 6.45) is 1.84. The van der Waals surface area contributed by atoms with Crippen LogP contribution in [0.15, 0.2) is 54.6 Å². The monoisotopic (exact) mass is 394 g/mol. The second-order valence-electron chi connectivity index (χ2n) is 7.67. The molecular weight excluding hydrogens is 364 g/mol. The molecule has 0 saturated carbocycles. The second-order valence-corrected chi connectivity index (χ2v) is 7.67. The minimum Gasteiger partial charge on any atom is -0.465 e. The summed E-state index contributed by atoms with van der Waals surface area (Å²) < 4.78 is 5.43. The highest BCUT2D eigenvalue weighted by Gasteiger charge is 2.44. The van der Waals surface area contributed by atoms with Gasteiger partial charge in [-0.1, -0.05) is 48.0 Å². The van der Waals surface area contributed by atoms with E-state index in [1.807, 2.05) is 68.4 Å². The molecule has 1 fully saturated rings. The van der Waals surface area contributed by atoms with Crippen LogP contribution in [0.1, 0.15) is 37.3 Å². The first-order valence-corrected chi connectivity index (χ1v) is 10.3. The molecule has 1 aliphatic rings. The van der Waals surface area contributed by atoms with Crippen molar-refractivity contribution in [2.75, 3.05) is 31.6 Å². The molecule has 29 heavy (non-hydrogen) atoms. The summed E-state index contributed by atoms with van der Waals surface area (Å²) in [6, 6.07) is 17.7. The third-order valence-corrected chi connectivity index (χ3v) is 5.69. The van der Waals surface area contributed by atoms with Gasteiger partial charge in [0.25, 0.3) is 0 Å². The van der Waals surface area contributed by atoms with Crippen LogP contribution in [0.5, 0.6) is 0 Å². The third kappa shape index (κ3) is 5.24. The lowest BCUT2D eigenvalue weighted by molar-refractivity contribution is -0.152. The van der Waals surface area contributed by atoms with Crippen molar-refractivity contribution in [3.63, 3.8) is 0 Å². The molecule has 154 valence electrons. The number of carbonyl (C=O) groups excluding carboxylic acids is 2.